The highest BCUT2D eigenvalue weighted by Crippen LogP contribution is 2.27. The second-order valence-electron chi connectivity index (χ2n) is 3.60. The summed E-state index contributed by atoms with van der Waals surface area (Å²) in [6.45, 7) is -0.0135. The molecule has 0 atom stereocenters. The van der Waals surface area contributed by atoms with Crippen LogP contribution in [-0.2, 0) is 4.79 Å². The highest BCUT2D eigenvalue weighted by atomic mass is 16.3. The van der Waals surface area contributed by atoms with Crippen LogP contribution in [0.15, 0.2) is 0 Å². The summed E-state index contributed by atoms with van der Waals surface area (Å²) in [5.41, 5.74) is -0.443. The van der Waals surface area contributed by atoms with Crippen LogP contribution in [0.25, 0.3) is 0 Å². The van der Waals surface area contributed by atoms with Gasteiger partial charge in [-0.3, -0.25) is 4.79 Å². The molecule has 0 aromatic rings. The number of hydrogen-bond donors (Lipinski definition) is 2. The molecule has 1 aliphatic rings. The van der Waals surface area contributed by atoms with Gasteiger partial charge in [0.15, 0.2) is 0 Å². The number of aliphatic hydroxyl groups excluding tert-OH is 1. The fourth-order valence-corrected chi connectivity index (χ4v) is 1.83. The van der Waals surface area contributed by atoms with E-state index in [9.17, 15) is 9.90 Å². The molecule has 0 unspecified atom stereocenters. The van der Waals surface area contributed by atoms with Crippen LogP contribution in [0.4, 0.5) is 0 Å². The molecule has 0 saturated heterocycles. The number of carbonyl (C=O) groups excluding carboxylic acids is 1. The third-order valence-corrected chi connectivity index (χ3v) is 2.62. The Morgan fingerprint density at radius 2 is 2.08 bits per heavy atom. The molecule has 1 amide bonds. The molecule has 3 nitrogen and oxygen atoms in total. The summed E-state index contributed by atoms with van der Waals surface area (Å²) in [5, 5.41) is 11.9. The van der Waals surface area contributed by atoms with Crippen LogP contribution in [0, 0.1) is 12.3 Å². The molecule has 2 N–H and O–H groups in total. The van der Waals surface area contributed by atoms with Gasteiger partial charge >= 0.3 is 0 Å². The van der Waals surface area contributed by atoms with Gasteiger partial charge in [0, 0.05) is 0 Å². The molecule has 0 aromatic heterocycles. The van der Waals surface area contributed by atoms with Crippen LogP contribution in [0.3, 0.4) is 0 Å². The van der Waals surface area contributed by atoms with Gasteiger partial charge in [0.25, 0.3) is 5.91 Å². The minimum atomic E-state index is -0.443. The molecule has 0 heterocycles. The van der Waals surface area contributed by atoms with Crippen molar-refractivity contribution in [3.05, 3.63) is 0 Å². The monoisotopic (exact) mass is 181 g/mol. The molecule has 1 aliphatic carbocycles. The van der Waals surface area contributed by atoms with E-state index in [1.807, 2.05) is 5.92 Å². The lowest BCUT2D eigenvalue weighted by Crippen LogP contribution is -2.52. The molecule has 0 radical (unpaired) electrons. The molecule has 1 rings (SSSR count). The Hall–Kier alpha value is -1.01. The van der Waals surface area contributed by atoms with Crippen LogP contribution >= 0.6 is 0 Å². The van der Waals surface area contributed by atoms with Crippen LogP contribution in [-0.4, -0.2) is 23.2 Å². The van der Waals surface area contributed by atoms with Crippen LogP contribution in [0.1, 0.15) is 32.1 Å². The van der Waals surface area contributed by atoms with Gasteiger partial charge in [-0.05, 0) is 18.8 Å². The van der Waals surface area contributed by atoms with Gasteiger partial charge in [0.05, 0.1) is 12.1 Å². The highest BCUT2D eigenvalue weighted by molar-refractivity contribution is 5.93. The van der Waals surface area contributed by atoms with Crippen molar-refractivity contribution in [1.82, 2.24) is 5.32 Å². The zero-order valence-corrected chi connectivity index (χ0v) is 7.68. The molecule has 72 valence electrons. The topological polar surface area (TPSA) is 49.3 Å². The predicted octanol–water partition coefficient (Wildman–Crippen LogP) is 0.431. The third kappa shape index (κ3) is 2.46. The van der Waals surface area contributed by atoms with Gasteiger partial charge in [-0.25, -0.2) is 0 Å². The summed E-state index contributed by atoms with van der Waals surface area (Å²) in [7, 11) is 0. The molecular weight excluding hydrogens is 166 g/mol. The Bertz CT molecular complexity index is 224. The highest BCUT2D eigenvalue weighted by Gasteiger charge is 2.32. The summed E-state index contributed by atoms with van der Waals surface area (Å²) in [5.74, 6) is 1.59. The normalized spacial score (nSPS) is 20.3. The maximum atomic E-state index is 11.0. The lowest BCUT2D eigenvalue weighted by atomic mass is 9.82. The number of terminal acetylenes is 1. The maximum Gasteiger partial charge on any atom is 0.296 e. The molecule has 0 spiro atoms. The lowest BCUT2D eigenvalue weighted by molar-refractivity contribution is -0.118. The zero-order valence-electron chi connectivity index (χ0n) is 7.68. The molecule has 1 saturated carbocycles. The Morgan fingerprint density at radius 1 is 1.46 bits per heavy atom. The van der Waals surface area contributed by atoms with Crippen LogP contribution < -0.4 is 5.32 Å². The summed E-state index contributed by atoms with van der Waals surface area (Å²) >= 11 is 0. The maximum absolute atomic E-state index is 11.0. The quantitative estimate of drug-likeness (QED) is 0.607. The predicted molar refractivity (Wildman–Crippen MR) is 49.9 cm³/mol. The third-order valence-electron chi connectivity index (χ3n) is 2.62. The van der Waals surface area contributed by atoms with E-state index in [-0.39, 0.29) is 6.61 Å². The first-order valence-electron chi connectivity index (χ1n) is 4.62. The van der Waals surface area contributed by atoms with Gasteiger partial charge in [0.1, 0.15) is 0 Å². The Kier molecular flexibility index (Phi) is 3.32. The minimum Gasteiger partial charge on any atom is -0.394 e. The van der Waals surface area contributed by atoms with Gasteiger partial charge in [-0.15, -0.1) is 6.42 Å². The van der Waals surface area contributed by atoms with E-state index < -0.39 is 11.4 Å². The summed E-state index contributed by atoms with van der Waals surface area (Å²) in [4.78, 5) is 11.0. The van der Waals surface area contributed by atoms with Crippen molar-refractivity contribution in [2.24, 2.45) is 0 Å². The van der Waals surface area contributed by atoms with E-state index in [0.717, 1.165) is 25.7 Å². The largest absolute Gasteiger partial charge is 0.394 e. The van der Waals surface area contributed by atoms with E-state index in [4.69, 9.17) is 6.42 Å². The minimum absolute atomic E-state index is 0.0135. The average molecular weight is 181 g/mol. The first-order valence-corrected chi connectivity index (χ1v) is 4.62. The summed E-state index contributed by atoms with van der Waals surface area (Å²) in [6.07, 6.45) is 9.89. The smallest absolute Gasteiger partial charge is 0.296 e. The van der Waals surface area contributed by atoms with Gasteiger partial charge in [0.2, 0.25) is 0 Å². The van der Waals surface area contributed by atoms with Gasteiger partial charge in [-0.2, -0.15) is 0 Å². The number of aliphatic hydroxyl groups is 1. The lowest BCUT2D eigenvalue weighted by Gasteiger charge is -2.35. The van der Waals surface area contributed by atoms with E-state index in [1.165, 1.54) is 6.42 Å². The molecule has 1 fully saturated rings. The van der Waals surface area contributed by atoms with Crippen molar-refractivity contribution < 1.29 is 9.90 Å². The second kappa shape index (κ2) is 4.29. The van der Waals surface area contributed by atoms with Crippen molar-refractivity contribution in [1.29, 1.82) is 0 Å². The van der Waals surface area contributed by atoms with Crippen molar-refractivity contribution in [3.63, 3.8) is 0 Å². The standard InChI is InChI=1S/C10H15NO2/c1-2-9(13)11-10(8-12)6-4-3-5-7-10/h1,12H,3-8H2,(H,11,13). The van der Waals surface area contributed by atoms with Crippen molar-refractivity contribution in [2.45, 2.75) is 37.6 Å². The SMILES string of the molecule is C#CC(=O)NC1(CO)CCCCC1. The first-order chi connectivity index (χ1) is 6.22. The van der Waals surface area contributed by atoms with E-state index in [2.05, 4.69) is 5.32 Å². The van der Waals surface area contributed by atoms with Gasteiger partial charge in [-0.1, -0.05) is 19.3 Å². The second-order valence-corrected chi connectivity index (χ2v) is 3.60. The number of amides is 1. The molecular formula is C10H15NO2. The first kappa shape index (κ1) is 10.1. The average Bonchev–Trinajstić information content (AvgIpc) is 2.19. The molecule has 0 bridgehead atoms. The Labute approximate surface area is 78.5 Å². The summed E-state index contributed by atoms with van der Waals surface area (Å²) < 4.78 is 0. The van der Waals surface area contributed by atoms with E-state index >= 15 is 0 Å². The number of hydrogen-bond acceptors (Lipinski definition) is 2. The number of carbonyl (C=O) groups is 1. The zero-order chi connectivity index (χ0) is 9.73. The van der Waals surface area contributed by atoms with Crippen LogP contribution in [0.2, 0.25) is 0 Å². The number of nitrogens with one attached hydrogen (secondary N) is 1. The summed E-state index contributed by atoms with van der Waals surface area (Å²) in [6, 6.07) is 0. The molecule has 13 heavy (non-hydrogen) atoms. The van der Waals surface area contributed by atoms with E-state index in [0.29, 0.717) is 0 Å². The van der Waals surface area contributed by atoms with E-state index in [1.54, 1.807) is 0 Å². The van der Waals surface area contributed by atoms with Crippen LogP contribution in [0.5, 0.6) is 0 Å². The molecule has 0 aromatic carbocycles. The van der Waals surface area contributed by atoms with Crippen molar-refractivity contribution in [3.8, 4) is 12.3 Å². The fourth-order valence-electron chi connectivity index (χ4n) is 1.83. The molecule has 3 heteroatoms. The molecule has 0 aliphatic heterocycles. The Balaban J connectivity index is 2.58. The number of rotatable bonds is 2. The fraction of sp³-hybridized carbons (Fsp3) is 0.700. The van der Waals surface area contributed by atoms with Gasteiger partial charge < -0.3 is 10.4 Å². The Morgan fingerprint density at radius 3 is 2.54 bits per heavy atom. The van der Waals surface area contributed by atoms with Crippen molar-refractivity contribution in [2.75, 3.05) is 6.61 Å². The van der Waals surface area contributed by atoms with Crippen molar-refractivity contribution >= 4 is 5.91 Å².